The molecule has 0 radical (unpaired) electrons. The summed E-state index contributed by atoms with van der Waals surface area (Å²) in [5.41, 5.74) is 3.02. The molecule has 6 heteroatoms. The van der Waals surface area contributed by atoms with Gasteiger partial charge in [0.05, 0.1) is 23.5 Å². The van der Waals surface area contributed by atoms with E-state index in [1.165, 1.54) is 0 Å². The number of carbonyl (C=O) groups is 1. The standard InChI is InChI=1S/C18H17ClN4O/c1-12-15(11-21-22-12)18(24)23(2)17(16-5-3-4-10-20-16)13-6-8-14(19)9-7-13/h3-11,17H,1-2H3,(H,21,22)/t17-/m1/s1. The first-order chi connectivity index (χ1) is 11.6. The maximum atomic E-state index is 12.9. The van der Waals surface area contributed by atoms with Crippen LogP contribution in [0.25, 0.3) is 0 Å². The highest BCUT2D eigenvalue weighted by atomic mass is 35.5. The molecule has 1 N–H and O–H groups in total. The summed E-state index contributed by atoms with van der Waals surface area (Å²) in [5.74, 6) is -0.119. The maximum Gasteiger partial charge on any atom is 0.257 e. The number of benzene rings is 1. The van der Waals surface area contributed by atoms with Crippen LogP contribution in [-0.2, 0) is 0 Å². The van der Waals surface area contributed by atoms with Crippen molar-refractivity contribution in [3.05, 3.63) is 82.4 Å². The quantitative estimate of drug-likeness (QED) is 0.789. The lowest BCUT2D eigenvalue weighted by atomic mass is 10.0. The van der Waals surface area contributed by atoms with Crippen LogP contribution in [0.1, 0.15) is 33.4 Å². The summed E-state index contributed by atoms with van der Waals surface area (Å²) >= 11 is 6.00. The number of H-pyrrole nitrogens is 1. The van der Waals surface area contributed by atoms with E-state index in [0.717, 1.165) is 17.0 Å². The smallest absolute Gasteiger partial charge is 0.257 e. The van der Waals surface area contributed by atoms with E-state index in [0.29, 0.717) is 10.6 Å². The Morgan fingerprint density at radius 3 is 2.54 bits per heavy atom. The molecule has 3 rings (SSSR count). The van der Waals surface area contributed by atoms with Crippen molar-refractivity contribution < 1.29 is 4.79 Å². The summed E-state index contributed by atoms with van der Waals surface area (Å²) in [6, 6.07) is 12.8. The van der Waals surface area contributed by atoms with E-state index in [1.807, 2.05) is 49.4 Å². The number of aromatic nitrogens is 3. The van der Waals surface area contributed by atoms with Gasteiger partial charge in [-0.15, -0.1) is 0 Å². The third kappa shape index (κ3) is 3.16. The highest BCUT2D eigenvalue weighted by Crippen LogP contribution is 2.28. The van der Waals surface area contributed by atoms with E-state index in [4.69, 9.17) is 11.6 Å². The first kappa shape index (κ1) is 16.2. The summed E-state index contributed by atoms with van der Waals surface area (Å²) in [7, 11) is 1.77. The highest BCUT2D eigenvalue weighted by Gasteiger charge is 2.26. The van der Waals surface area contributed by atoms with Gasteiger partial charge < -0.3 is 4.90 Å². The molecule has 0 saturated heterocycles. The summed E-state index contributed by atoms with van der Waals surface area (Å²) in [5, 5.41) is 7.39. The SMILES string of the molecule is Cc1[nH]ncc1C(=O)N(C)[C@H](c1ccc(Cl)cc1)c1ccccn1. The van der Waals surface area contributed by atoms with Crippen molar-refractivity contribution in [1.29, 1.82) is 0 Å². The molecule has 0 saturated carbocycles. The number of hydrogen-bond donors (Lipinski definition) is 1. The normalized spacial score (nSPS) is 12.0. The second-order valence-electron chi connectivity index (χ2n) is 5.53. The van der Waals surface area contributed by atoms with Gasteiger partial charge >= 0.3 is 0 Å². The molecule has 5 nitrogen and oxygen atoms in total. The van der Waals surface area contributed by atoms with Crippen LogP contribution >= 0.6 is 11.6 Å². The van der Waals surface area contributed by atoms with Crippen LogP contribution in [-0.4, -0.2) is 33.0 Å². The molecule has 0 bridgehead atoms. The summed E-state index contributed by atoms with van der Waals surface area (Å²) < 4.78 is 0. The average molecular weight is 341 g/mol. The molecule has 0 spiro atoms. The van der Waals surface area contributed by atoms with Crippen molar-refractivity contribution in [3.8, 4) is 0 Å². The van der Waals surface area contributed by atoms with E-state index >= 15 is 0 Å². The predicted octanol–water partition coefficient (Wildman–Crippen LogP) is 3.63. The van der Waals surface area contributed by atoms with Crippen molar-refractivity contribution >= 4 is 17.5 Å². The Bertz CT molecular complexity index is 830. The van der Waals surface area contributed by atoms with Crippen molar-refractivity contribution in [3.63, 3.8) is 0 Å². The van der Waals surface area contributed by atoms with E-state index in [9.17, 15) is 4.79 Å². The molecule has 2 aromatic heterocycles. The molecule has 3 aromatic rings. The van der Waals surface area contributed by atoms with Crippen LogP contribution in [0.3, 0.4) is 0 Å². The van der Waals surface area contributed by atoms with Gasteiger partial charge in [-0.2, -0.15) is 5.10 Å². The number of hydrogen-bond acceptors (Lipinski definition) is 3. The van der Waals surface area contributed by atoms with Gasteiger partial charge in [0.25, 0.3) is 5.91 Å². The predicted molar refractivity (Wildman–Crippen MR) is 93.0 cm³/mol. The number of nitrogens with zero attached hydrogens (tertiary/aromatic N) is 3. The molecule has 2 heterocycles. The van der Waals surface area contributed by atoms with Crippen LogP contribution in [0, 0.1) is 6.92 Å². The number of pyridine rings is 1. The van der Waals surface area contributed by atoms with Crippen LogP contribution in [0.4, 0.5) is 0 Å². The second-order valence-corrected chi connectivity index (χ2v) is 5.97. The average Bonchev–Trinajstić information content (AvgIpc) is 3.03. The zero-order chi connectivity index (χ0) is 17.1. The molecule has 0 aliphatic rings. The fourth-order valence-electron chi connectivity index (χ4n) is 2.65. The van der Waals surface area contributed by atoms with Gasteiger partial charge in [-0.3, -0.25) is 14.9 Å². The summed E-state index contributed by atoms with van der Waals surface area (Å²) in [6.07, 6.45) is 3.27. The second kappa shape index (κ2) is 6.84. The molecule has 24 heavy (non-hydrogen) atoms. The molecule has 0 unspecified atom stereocenters. The van der Waals surface area contributed by atoms with Crippen LogP contribution < -0.4 is 0 Å². The zero-order valence-electron chi connectivity index (χ0n) is 13.4. The van der Waals surface area contributed by atoms with E-state index in [-0.39, 0.29) is 11.9 Å². The Hall–Kier alpha value is -2.66. The van der Waals surface area contributed by atoms with Crippen LogP contribution in [0.5, 0.6) is 0 Å². The first-order valence-corrected chi connectivity index (χ1v) is 7.89. The number of aromatic amines is 1. The lowest BCUT2D eigenvalue weighted by Gasteiger charge is -2.28. The van der Waals surface area contributed by atoms with Crippen molar-refractivity contribution in [1.82, 2.24) is 20.1 Å². The lowest BCUT2D eigenvalue weighted by Crippen LogP contribution is -2.32. The fraction of sp³-hybridized carbons (Fsp3) is 0.167. The Morgan fingerprint density at radius 2 is 1.96 bits per heavy atom. The Kier molecular flexibility index (Phi) is 4.62. The largest absolute Gasteiger partial charge is 0.329 e. The molecular weight excluding hydrogens is 324 g/mol. The number of halogens is 1. The Balaban J connectivity index is 2.03. The molecular formula is C18H17ClN4O. The zero-order valence-corrected chi connectivity index (χ0v) is 14.2. The third-order valence-electron chi connectivity index (χ3n) is 3.92. The van der Waals surface area contributed by atoms with Crippen LogP contribution in [0.15, 0.2) is 54.9 Å². The van der Waals surface area contributed by atoms with Crippen molar-refractivity contribution in [2.75, 3.05) is 7.05 Å². The number of aryl methyl sites for hydroxylation is 1. The molecule has 1 amide bonds. The molecule has 0 aliphatic heterocycles. The van der Waals surface area contributed by atoms with Gasteiger partial charge in [0.2, 0.25) is 0 Å². The summed E-state index contributed by atoms with van der Waals surface area (Å²) in [4.78, 5) is 19.0. The lowest BCUT2D eigenvalue weighted by molar-refractivity contribution is 0.0752. The molecule has 1 atom stereocenters. The van der Waals surface area contributed by atoms with E-state index in [2.05, 4.69) is 15.2 Å². The number of rotatable bonds is 4. The van der Waals surface area contributed by atoms with Gasteiger partial charge in [-0.05, 0) is 36.8 Å². The van der Waals surface area contributed by atoms with Gasteiger partial charge in [0, 0.05) is 24.0 Å². The van der Waals surface area contributed by atoms with Crippen molar-refractivity contribution in [2.45, 2.75) is 13.0 Å². The Labute approximate surface area is 145 Å². The Morgan fingerprint density at radius 1 is 1.21 bits per heavy atom. The summed E-state index contributed by atoms with van der Waals surface area (Å²) in [6.45, 7) is 1.83. The minimum Gasteiger partial charge on any atom is -0.329 e. The fourth-order valence-corrected chi connectivity index (χ4v) is 2.78. The highest BCUT2D eigenvalue weighted by molar-refractivity contribution is 6.30. The molecule has 0 fully saturated rings. The number of amides is 1. The molecule has 1 aromatic carbocycles. The topological polar surface area (TPSA) is 61.9 Å². The van der Waals surface area contributed by atoms with Crippen LogP contribution in [0.2, 0.25) is 5.02 Å². The van der Waals surface area contributed by atoms with Gasteiger partial charge in [0.1, 0.15) is 0 Å². The first-order valence-electron chi connectivity index (χ1n) is 7.51. The molecule has 122 valence electrons. The van der Waals surface area contributed by atoms with E-state index < -0.39 is 0 Å². The maximum absolute atomic E-state index is 12.9. The number of carbonyl (C=O) groups excluding carboxylic acids is 1. The van der Waals surface area contributed by atoms with Gasteiger partial charge in [-0.25, -0.2) is 0 Å². The monoisotopic (exact) mass is 340 g/mol. The van der Waals surface area contributed by atoms with E-state index in [1.54, 1.807) is 24.3 Å². The third-order valence-corrected chi connectivity index (χ3v) is 4.17. The van der Waals surface area contributed by atoms with Crippen molar-refractivity contribution in [2.24, 2.45) is 0 Å². The number of nitrogens with one attached hydrogen (secondary N) is 1. The van der Waals surface area contributed by atoms with Gasteiger partial charge in [0.15, 0.2) is 0 Å². The minimum atomic E-state index is -0.315. The minimum absolute atomic E-state index is 0.119. The molecule has 0 aliphatic carbocycles. The van der Waals surface area contributed by atoms with Gasteiger partial charge in [-0.1, -0.05) is 29.8 Å².